The Bertz CT molecular complexity index is 1030. The summed E-state index contributed by atoms with van der Waals surface area (Å²) < 4.78 is 0. The zero-order valence-electron chi connectivity index (χ0n) is 16.3. The molecule has 0 aliphatic heterocycles. The van der Waals surface area contributed by atoms with Crippen LogP contribution in [0.15, 0.2) is 115 Å². The Balaban J connectivity index is 2.29. The quantitative estimate of drug-likeness (QED) is 0.330. The molecule has 3 heteroatoms. The summed E-state index contributed by atoms with van der Waals surface area (Å²) in [5.41, 5.74) is 1.21. The average Bonchev–Trinajstić information content (AvgIpc) is 2.80. The van der Waals surface area contributed by atoms with Crippen molar-refractivity contribution in [2.45, 2.75) is 6.92 Å². The monoisotopic (exact) mass is 411 g/mol. The second kappa shape index (κ2) is 7.88. The van der Waals surface area contributed by atoms with Crippen molar-refractivity contribution in [1.82, 2.24) is 0 Å². The summed E-state index contributed by atoms with van der Waals surface area (Å²) in [5.74, 6) is -3.34. The van der Waals surface area contributed by atoms with E-state index in [0.717, 1.165) is 0 Å². The van der Waals surface area contributed by atoms with Crippen LogP contribution in [-0.4, -0.2) is 0 Å². The van der Waals surface area contributed by atoms with Crippen LogP contribution >= 0.6 is 17.2 Å². The molecule has 142 valence electrons. The van der Waals surface area contributed by atoms with Crippen LogP contribution in [0.25, 0.3) is 0 Å². The van der Waals surface area contributed by atoms with Crippen LogP contribution in [0.3, 0.4) is 0 Å². The Hall–Kier alpha value is -2.85. The third kappa shape index (κ3) is 2.90. The van der Waals surface area contributed by atoms with Crippen LogP contribution in [0, 0.1) is 17.6 Å². The molecule has 4 rings (SSSR count). The van der Waals surface area contributed by atoms with E-state index in [2.05, 4.69) is 109 Å². The first-order chi connectivity index (χ1) is 14.2. The molecule has 0 aromatic heterocycles. The van der Waals surface area contributed by atoms with Crippen molar-refractivity contribution < 1.29 is 0 Å². The SMILES string of the molecule is Cc1ccc(P(SC#N)(c2ccccc2)(c2ccccc2)c2ccccc2)cc1. The average molecular weight is 412 g/mol. The zero-order chi connectivity index (χ0) is 20.2. The van der Waals surface area contributed by atoms with E-state index in [1.807, 2.05) is 18.2 Å². The summed E-state index contributed by atoms with van der Waals surface area (Å²) in [7, 11) is 0. The molecule has 0 saturated carbocycles. The maximum atomic E-state index is 10.2. The molecule has 0 bridgehead atoms. The Kier molecular flexibility index (Phi) is 5.29. The number of thiocyanates is 1. The second-order valence-electron chi connectivity index (χ2n) is 7.06. The van der Waals surface area contributed by atoms with E-state index in [-0.39, 0.29) is 0 Å². The molecule has 29 heavy (non-hydrogen) atoms. The summed E-state index contributed by atoms with van der Waals surface area (Å²) in [6.07, 6.45) is 0. The van der Waals surface area contributed by atoms with Gasteiger partial charge in [0.1, 0.15) is 0 Å². The molecule has 0 fully saturated rings. The van der Waals surface area contributed by atoms with Crippen molar-refractivity contribution in [2.24, 2.45) is 0 Å². The molecule has 4 aromatic rings. The van der Waals surface area contributed by atoms with Crippen molar-refractivity contribution in [3.8, 4) is 5.40 Å². The van der Waals surface area contributed by atoms with Crippen LogP contribution in [0.1, 0.15) is 5.56 Å². The molecule has 0 radical (unpaired) electrons. The molecule has 1 nitrogen and oxygen atoms in total. The number of aryl methyl sites for hydroxylation is 1. The standard InChI is InChI=1S/C26H22NPS/c1-22-17-19-26(20-18-22)28(29-21-27,23-11-5-2-6-12-23,24-13-7-3-8-14-24)25-15-9-4-10-16-25/h2-20H,1H3. The fourth-order valence-electron chi connectivity index (χ4n) is 4.15. The zero-order valence-corrected chi connectivity index (χ0v) is 18.0. The van der Waals surface area contributed by atoms with Gasteiger partial charge in [0.2, 0.25) is 0 Å². The van der Waals surface area contributed by atoms with E-state index < -0.39 is 5.81 Å². The van der Waals surface area contributed by atoms with Crippen LogP contribution in [0.2, 0.25) is 0 Å². The Morgan fingerprint density at radius 2 is 0.897 bits per heavy atom. The van der Waals surface area contributed by atoms with Gasteiger partial charge in [-0.2, -0.15) is 0 Å². The summed E-state index contributed by atoms with van der Waals surface area (Å²) in [6.45, 7) is 2.10. The van der Waals surface area contributed by atoms with Gasteiger partial charge < -0.3 is 0 Å². The molecule has 0 aliphatic carbocycles. The fourth-order valence-corrected chi connectivity index (χ4v) is 12.7. The minimum atomic E-state index is -3.34. The summed E-state index contributed by atoms with van der Waals surface area (Å²) in [4.78, 5) is 0. The number of rotatable bonds is 5. The van der Waals surface area contributed by atoms with Gasteiger partial charge in [-0.05, 0) is 0 Å². The number of hydrogen-bond acceptors (Lipinski definition) is 2. The van der Waals surface area contributed by atoms with Gasteiger partial charge in [0, 0.05) is 0 Å². The predicted octanol–water partition coefficient (Wildman–Crippen LogP) is 5.28. The number of nitriles is 1. The predicted molar refractivity (Wildman–Crippen MR) is 129 cm³/mol. The van der Waals surface area contributed by atoms with Gasteiger partial charge in [0.05, 0.1) is 0 Å². The Morgan fingerprint density at radius 1 is 0.552 bits per heavy atom. The van der Waals surface area contributed by atoms with Gasteiger partial charge in [0.15, 0.2) is 0 Å². The van der Waals surface area contributed by atoms with Gasteiger partial charge in [-0.15, -0.1) is 0 Å². The molecular weight excluding hydrogens is 389 g/mol. The normalized spacial score (nSPS) is 12.5. The van der Waals surface area contributed by atoms with Crippen molar-refractivity contribution in [2.75, 3.05) is 0 Å². The Labute approximate surface area is 176 Å². The van der Waals surface area contributed by atoms with Crippen molar-refractivity contribution >= 4 is 38.4 Å². The van der Waals surface area contributed by atoms with E-state index >= 15 is 0 Å². The first kappa shape index (κ1) is 19.5. The van der Waals surface area contributed by atoms with Crippen molar-refractivity contribution in [3.05, 3.63) is 121 Å². The van der Waals surface area contributed by atoms with E-state index in [9.17, 15) is 5.26 Å². The third-order valence-electron chi connectivity index (χ3n) is 5.50. The minimum absolute atomic E-state index is 1.19. The van der Waals surface area contributed by atoms with E-state index in [1.165, 1.54) is 38.2 Å². The first-order valence-corrected chi connectivity index (χ1v) is 13.2. The number of hydrogen-bond donors (Lipinski definition) is 0. The number of nitrogens with zero attached hydrogens (tertiary/aromatic N) is 1. The van der Waals surface area contributed by atoms with Crippen LogP contribution in [0.4, 0.5) is 0 Å². The van der Waals surface area contributed by atoms with Gasteiger partial charge in [-0.25, -0.2) is 0 Å². The molecule has 0 N–H and O–H groups in total. The molecule has 0 aliphatic rings. The first-order valence-electron chi connectivity index (χ1n) is 9.56. The van der Waals surface area contributed by atoms with E-state index in [1.54, 1.807) is 0 Å². The summed E-state index contributed by atoms with van der Waals surface area (Å²) in [6, 6.07) is 40.4. The molecule has 0 spiro atoms. The molecule has 4 aromatic carbocycles. The molecular formula is C26H22NPS. The van der Waals surface area contributed by atoms with Crippen molar-refractivity contribution in [1.29, 1.82) is 5.26 Å². The van der Waals surface area contributed by atoms with Gasteiger partial charge in [0.25, 0.3) is 0 Å². The van der Waals surface area contributed by atoms with Gasteiger partial charge in [-0.1, -0.05) is 0 Å². The van der Waals surface area contributed by atoms with E-state index in [0.29, 0.717) is 0 Å². The van der Waals surface area contributed by atoms with Gasteiger partial charge >= 0.3 is 177 Å². The van der Waals surface area contributed by atoms with E-state index in [4.69, 9.17) is 0 Å². The van der Waals surface area contributed by atoms with Crippen LogP contribution in [-0.2, 0) is 0 Å². The number of benzene rings is 4. The van der Waals surface area contributed by atoms with Crippen LogP contribution < -0.4 is 21.2 Å². The van der Waals surface area contributed by atoms with Crippen LogP contribution in [0.5, 0.6) is 0 Å². The molecule has 0 amide bonds. The maximum absolute atomic E-state index is 10.2. The third-order valence-corrected chi connectivity index (χ3v) is 14.9. The summed E-state index contributed by atoms with van der Waals surface area (Å²) in [5, 5.41) is 17.5. The molecule has 0 unspecified atom stereocenters. The Morgan fingerprint density at radius 3 is 1.24 bits per heavy atom. The second-order valence-corrected chi connectivity index (χ2v) is 14.3. The molecule has 0 heterocycles. The fraction of sp³-hybridized carbons (Fsp3) is 0.0385. The van der Waals surface area contributed by atoms with Gasteiger partial charge in [-0.3, -0.25) is 0 Å². The molecule has 0 saturated heterocycles. The topological polar surface area (TPSA) is 23.8 Å². The molecule has 0 atom stereocenters. The van der Waals surface area contributed by atoms with Crippen molar-refractivity contribution in [3.63, 3.8) is 0 Å². The summed E-state index contributed by atoms with van der Waals surface area (Å²) >= 11 is 1.43.